The minimum atomic E-state index is -0.163. The Labute approximate surface area is 149 Å². The third-order valence-electron chi connectivity index (χ3n) is 3.97. The van der Waals surface area contributed by atoms with E-state index in [9.17, 15) is 9.59 Å². The van der Waals surface area contributed by atoms with Gasteiger partial charge in [-0.15, -0.1) is 0 Å². The molecular formula is C20H14N2O2S. The number of amides is 1. The number of para-hydroxylation sites is 1. The van der Waals surface area contributed by atoms with Crippen LogP contribution in [0.1, 0.15) is 10.4 Å². The molecule has 1 amide bonds. The van der Waals surface area contributed by atoms with Crippen molar-refractivity contribution in [1.29, 1.82) is 0 Å². The zero-order valence-electron chi connectivity index (χ0n) is 13.3. The second kappa shape index (κ2) is 6.53. The maximum absolute atomic E-state index is 12.8. The van der Waals surface area contributed by atoms with E-state index in [0.717, 1.165) is 10.8 Å². The highest BCUT2D eigenvalue weighted by Gasteiger charge is 2.26. The lowest BCUT2D eigenvalue weighted by atomic mass is 10.0. The van der Waals surface area contributed by atoms with Gasteiger partial charge in [0.2, 0.25) is 5.78 Å². The third-order valence-corrected chi connectivity index (χ3v) is 4.90. The Morgan fingerprint density at radius 1 is 0.920 bits per heavy atom. The number of anilines is 1. The highest BCUT2D eigenvalue weighted by Crippen LogP contribution is 2.24. The van der Waals surface area contributed by atoms with E-state index in [1.165, 1.54) is 16.8 Å². The molecule has 0 radical (unpaired) electrons. The van der Waals surface area contributed by atoms with Gasteiger partial charge in [-0.05, 0) is 29.0 Å². The van der Waals surface area contributed by atoms with Crippen molar-refractivity contribution in [2.75, 3.05) is 10.8 Å². The summed E-state index contributed by atoms with van der Waals surface area (Å²) in [4.78, 5) is 25.0. The Morgan fingerprint density at radius 2 is 1.64 bits per heavy atom. The van der Waals surface area contributed by atoms with Crippen LogP contribution in [0.25, 0.3) is 10.8 Å². The molecule has 0 atom stereocenters. The average Bonchev–Trinajstić information content (AvgIpc) is 2.68. The molecule has 122 valence electrons. The fraction of sp³-hybridized carbons (Fsp3) is 0.0500. The number of benzene rings is 3. The number of carbonyl (C=O) groups is 2. The Balaban J connectivity index is 1.69. The number of Topliss-reactive ketones (excluding diaryl/α,β-unsaturated/α-hetero) is 1. The molecule has 5 heteroatoms. The molecule has 1 heterocycles. The van der Waals surface area contributed by atoms with Gasteiger partial charge in [-0.25, -0.2) is 0 Å². The van der Waals surface area contributed by atoms with E-state index >= 15 is 0 Å². The minimum Gasteiger partial charge on any atom is -0.286 e. The van der Waals surface area contributed by atoms with Gasteiger partial charge in [0.25, 0.3) is 5.91 Å². The van der Waals surface area contributed by atoms with E-state index in [-0.39, 0.29) is 17.4 Å². The van der Waals surface area contributed by atoms with E-state index in [1.807, 2.05) is 54.6 Å². The van der Waals surface area contributed by atoms with Crippen molar-refractivity contribution in [3.8, 4) is 0 Å². The van der Waals surface area contributed by atoms with Gasteiger partial charge in [0.1, 0.15) is 0 Å². The molecule has 0 aromatic heterocycles. The van der Waals surface area contributed by atoms with Gasteiger partial charge < -0.3 is 0 Å². The number of carbonyl (C=O) groups excluding carboxylic acids is 2. The number of fused-ring (bicyclic) bond motifs is 1. The fourth-order valence-corrected chi connectivity index (χ4v) is 3.47. The lowest BCUT2D eigenvalue weighted by molar-refractivity contribution is -0.116. The monoisotopic (exact) mass is 346 g/mol. The topological polar surface area (TPSA) is 49.7 Å². The third kappa shape index (κ3) is 3.06. The van der Waals surface area contributed by atoms with Gasteiger partial charge in [-0.3, -0.25) is 9.59 Å². The fourth-order valence-electron chi connectivity index (χ4n) is 2.70. The number of ketones is 1. The van der Waals surface area contributed by atoms with Crippen LogP contribution in [0.2, 0.25) is 0 Å². The van der Waals surface area contributed by atoms with Gasteiger partial charge in [0.15, 0.2) is 5.04 Å². The van der Waals surface area contributed by atoms with Crippen LogP contribution in [-0.2, 0) is 4.79 Å². The Kier molecular flexibility index (Phi) is 4.07. The molecule has 0 saturated heterocycles. The molecule has 4 rings (SSSR count). The first-order valence-corrected chi connectivity index (χ1v) is 8.84. The minimum absolute atomic E-state index is 0.133. The Bertz CT molecular complexity index is 999. The number of hydrazone groups is 1. The number of hydrogen-bond acceptors (Lipinski definition) is 4. The summed E-state index contributed by atoms with van der Waals surface area (Å²) in [5.74, 6) is -0.0944. The zero-order valence-corrected chi connectivity index (χ0v) is 14.1. The summed E-state index contributed by atoms with van der Waals surface area (Å²) < 4.78 is 0. The molecular weight excluding hydrogens is 332 g/mol. The summed E-state index contributed by atoms with van der Waals surface area (Å²) in [7, 11) is 0. The molecule has 0 bridgehead atoms. The molecule has 1 aliphatic rings. The SMILES string of the molecule is O=C(C1=NN(c2ccccc2)C(=O)CS1)c1ccc2ccccc2c1. The molecule has 1 aliphatic heterocycles. The van der Waals surface area contributed by atoms with Crippen LogP contribution in [-0.4, -0.2) is 22.5 Å². The predicted octanol–water partition coefficient (Wildman–Crippen LogP) is 4.12. The highest BCUT2D eigenvalue weighted by molar-refractivity contribution is 8.16. The van der Waals surface area contributed by atoms with Crippen molar-refractivity contribution < 1.29 is 9.59 Å². The van der Waals surface area contributed by atoms with Gasteiger partial charge in [0.05, 0.1) is 11.4 Å². The van der Waals surface area contributed by atoms with Crippen molar-refractivity contribution in [3.63, 3.8) is 0 Å². The molecule has 0 fully saturated rings. The van der Waals surface area contributed by atoms with Crippen LogP contribution in [0.15, 0.2) is 77.9 Å². The van der Waals surface area contributed by atoms with Gasteiger partial charge >= 0.3 is 0 Å². The van der Waals surface area contributed by atoms with Crippen LogP contribution in [0, 0.1) is 0 Å². The maximum atomic E-state index is 12.8. The van der Waals surface area contributed by atoms with Gasteiger partial charge in [0, 0.05) is 5.56 Å². The zero-order chi connectivity index (χ0) is 17.2. The van der Waals surface area contributed by atoms with E-state index in [0.29, 0.717) is 16.3 Å². The maximum Gasteiger partial charge on any atom is 0.257 e. The number of rotatable bonds is 3. The van der Waals surface area contributed by atoms with Crippen LogP contribution in [0.5, 0.6) is 0 Å². The lowest BCUT2D eigenvalue weighted by Crippen LogP contribution is -2.34. The highest BCUT2D eigenvalue weighted by atomic mass is 32.2. The normalized spacial score (nSPS) is 14.5. The predicted molar refractivity (Wildman–Crippen MR) is 102 cm³/mol. The first-order valence-electron chi connectivity index (χ1n) is 7.85. The van der Waals surface area contributed by atoms with Crippen LogP contribution in [0.4, 0.5) is 5.69 Å². The number of nitrogens with zero attached hydrogens (tertiary/aromatic N) is 2. The Hall–Kier alpha value is -2.92. The summed E-state index contributed by atoms with van der Waals surface area (Å²) in [6.07, 6.45) is 0. The van der Waals surface area contributed by atoms with Gasteiger partial charge in [-0.2, -0.15) is 10.1 Å². The summed E-state index contributed by atoms with van der Waals surface area (Å²) in [5.41, 5.74) is 1.24. The molecule has 0 unspecified atom stereocenters. The standard InChI is InChI=1S/C20H14N2O2S/c23-18-13-25-20(21-22(18)17-8-2-1-3-9-17)19(24)16-11-10-14-6-4-5-7-15(14)12-16/h1-12H,13H2. The van der Waals surface area contributed by atoms with Crippen LogP contribution >= 0.6 is 11.8 Å². The number of thioether (sulfide) groups is 1. The van der Waals surface area contributed by atoms with Gasteiger partial charge in [-0.1, -0.05) is 66.4 Å². The molecule has 0 N–H and O–H groups in total. The molecule has 25 heavy (non-hydrogen) atoms. The molecule has 4 nitrogen and oxygen atoms in total. The van der Waals surface area contributed by atoms with E-state index in [4.69, 9.17) is 0 Å². The summed E-state index contributed by atoms with van der Waals surface area (Å²) in [6.45, 7) is 0. The Morgan fingerprint density at radius 3 is 2.44 bits per heavy atom. The van der Waals surface area contributed by atoms with Crippen LogP contribution in [0.3, 0.4) is 0 Å². The largest absolute Gasteiger partial charge is 0.286 e. The first kappa shape index (κ1) is 15.6. The molecule has 3 aromatic carbocycles. The lowest BCUT2D eigenvalue weighted by Gasteiger charge is -2.22. The summed E-state index contributed by atoms with van der Waals surface area (Å²) >= 11 is 1.19. The van der Waals surface area contributed by atoms with E-state index in [1.54, 1.807) is 18.2 Å². The van der Waals surface area contributed by atoms with E-state index < -0.39 is 0 Å². The van der Waals surface area contributed by atoms with Crippen molar-refractivity contribution in [1.82, 2.24) is 0 Å². The molecule has 0 spiro atoms. The summed E-state index contributed by atoms with van der Waals surface area (Å²) in [6, 6.07) is 22.6. The average molecular weight is 346 g/mol. The molecule has 0 saturated carbocycles. The second-order valence-corrected chi connectivity index (χ2v) is 6.59. The molecule has 0 aliphatic carbocycles. The van der Waals surface area contributed by atoms with Crippen molar-refractivity contribution in [2.24, 2.45) is 5.10 Å². The summed E-state index contributed by atoms with van der Waals surface area (Å²) in [5, 5.41) is 8.03. The van der Waals surface area contributed by atoms with Crippen LogP contribution < -0.4 is 5.01 Å². The smallest absolute Gasteiger partial charge is 0.257 e. The quantitative estimate of drug-likeness (QED) is 0.671. The van der Waals surface area contributed by atoms with Crippen molar-refractivity contribution >= 4 is 45.0 Å². The van der Waals surface area contributed by atoms with Crippen molar-refractivity contribution in [3.05, 3.63) is 78.4 Å². The molecule has 3 aromatic rings. The first-order chi connectivity index (χ1) is 12.2. The number of hydrogen-bond donors (Lipinski definition) is 0. The second-order valence-electron chi connectivity index (χ2n) is 5.63. The van der Waals surface area contributed by atoms with Crippen molar-refractivity contribution in [2.45, 2.75) is 0 Å². The van der Waals surface area contributed by atoms with E-state index in [2.05, 4.69) is 5.10 Å².